The van der Waals surface area contributed by atoms with Crippen LogP contribution in [0.2, 0.25) is 5.02 Å². The van der Waals surface area contributed by atoms with Crippen molar-refractivity contribution in [2.75, 3.05) is 24.4 Å². The van der Waals surface area contributed by atoms with Crippen molar-refractivity contribution >= 4 is 33.2 Å². The Kier molecular flexibility index (Phi) is 6.46. The normalized spacial score (nSPS) is 15.3. The summed E-state index contributed by atoms with van der Waals surface area (Å²) in [6.07, 6.45) is 2.03. The van der Waals surface area contributed by atoms with Gasteiger partial charge in [0.15, 0.2) is 6.61 Å². The van der Waals surface area contributed by atoms with Gasteiger partial charge in [0.25, 0.3) is 15.9 Å². The summed E-state index contributed by atoms with van der Waals surface area (Å²) in [6, 6.07) is 12.4. The van der Waals surface area contributed by atoms with E-state index in [1.165, 1.54) is 12.1 Å². The third-order valence-electron chi connectivity index (χ3n) is 4.73. The second-order valence-electron chi connectivity index (χ2n) is 6.94. The number of nitrogens with zero attached hydrogens (tertiary/aromatic N) is 1. The number of nitrogens with one attached hydrogen (secondary N) is 1. The third-order valence-corrected chi connectivity index (χ3v) is 6.38. The second kappa shape index (κ2) is 8.84. The monoisotopic (exact) mass is 422 g/mol. The molecule has 1 fully saturated rings. The molecule has 0 atom stereocenters. The van der Waals surface area contributed by atoms with Crippen molar-refractivity contribution in [1.82, 2.24) is 4.90 Å². The summed E-state index contributed by atoms with van der Waals surface area (Å²) >= 11 is 5.81. The van der Waals surface area contributed by atoms with E-state index in [-0.39, 0.29) is 17.4 Å². The van der Waals surface area contributed by atoms with Gasteiger partial charge in [-0.3, -0.25) is 9.52 Å². The molecular weight excluding hydrogens is 400 g/mol. The summed E-state index contributed by atoms with van der Waals surface area (Å²) in [7, 11) is -3.72. The van der Waals surface area contributed by atoms with Crippen LogP contribution in [0.4, 0.5) is 5.69 Å². The number of ether oxygens (including phenoxy) is 1. The van der Waals surface area contributed by atoms with Crippen LogP contribution < -0.4 is 9.46 Å². The van der Waals surface area contributed by atoms with Gasteiger partial charge in [0.1, 0.15) is 5.75 Å². The number of piperidine rings is 1. The van der Waals surface area contributed by atoms with Gasteiger partial charge < -0.3 is 9.64 Å². The summed E-state index contributed by atoms with van der Waals surface area (Å²) in [5.74, 6) is 1.05. The van der Waals surface area contributed by atoms with Crippen molar-refractivity contribution in [3.8, 4) is 5.75 Å². The molecule has 3 rings (SSSR count). The predicted molar refractivity (Wildman–Crippen MR) is 109 cm³/mol. The molecule has 150 valence electrons. The number of carbonyl (C=O) groups excluding carboxylic acids is 1. The maximum Gasteiger partial charge on any atom is 0.261 e. The number of amides is 1. The standard InChI is InChI=1S/C20H23ClN2O4S/c1-15-10-12-23(13-11-15)20(24)14-27-18-6-8-19(9-7-18)28(25,26)22-17-4-2-16(21)3-5-17/h2-9,15,22H,10-14H2,1H3. The highest BCUT2D eigenvalue weighted by molar-refractivity contribution is 7.92. The first-order chi connectivity index (χ1) is 13.3. The fraction of sp³-hybridized carbons (Fsp3) is 0.350. The molecule has 8 heteroatoms. The van der Waals surface area contributed by atoms with Gasteiger partial charge in [0.2, 0.25) is 0 Å². The van der Waals surface area contributed by atoms with Crippen LogP contribution in [0.3, 0.4) is 0 Å². The first-order valence-electron chi connectivity index (χ1n) is 9.12. The van der Waals surface area contributed by atoms with Crippen LogP contribution in [0.1, 0.15) is 19.8 Å². The maximum atomic E-state index is 12.5. The van der Waals surface area contributed by atoms with E-state index >= 15 is 0 Å². The summed E-state index contributed by atoms with van der Waals surface area (Å²) in [5, 5.41) is 0.526. The Balaban J connectivity index is 1.56. The Morgan fingerprint density at radius 2 is 1.71 bits per heavy atom. The molecule has 1 saturated heterocycles. The van der Waals surface area contributed by atoms with Crippen molar-refractivity contribution in [2.24, 2.45) is 5.92 Å². The lowest BCUT2D eigenvalue weighted by atomic mass is 9.99. The smallest absolute Gasteiger partial charge is 0.261 e. The maximum absolute atomic E-state index is 12.5. The van der Waals surface area contributed by atoms with Gasteiger partial charge in [-0.1, -0.05) is 18.5 Å². The van der Waals surface area contributed by atoms with Gasteiger partial charge in [-0.05, 0) is 67.3 Å². The number of likely N-dealkylation sites (tertiary alicyclic amines) is 1. The lowest BCUT2D eigenvalue weighted by Gasteiger charge is -2.30. The quantitative estimate of drug-likeness (QED) is 0.768. The molecule has 2 aromatic rings. The van der Waals surface area contributed by atoms with Gasteiger partial charge in [-0.25, -0.2) is 8.42 Å². The van der Waals surface area contributed by atoms with E-state index in [0.29, 0.717) is 22.4 Å². The Hall–Kier alpha value is -2.25. The minimum Gasteiger partial charge on any atom is -0.484 e. The van der Waals surface area contributed by atoms with Crippen molar-refractivity contribution in [2.45, 2.75) is 24.7 Å². The summed E-state index contributed by atoms with van der Waals surface area (Å²) < 4.78 is 32.9. The fourth-order valence-corrected chi connectivity index (χ4v) is 4.13. The highest BCUT2D eigenvalue weighted by atomic mass is 35.5. The minimum absolute atomic E-state index is 0.0481. The number of anilines is 1. The molecule has 1 aliphatic heterocycles. The highest BCUT2D eigenvalue weighted by Crippen LogP contribution is 2.21. The number of hydrogen-bond acceptors (Lipinski definition) is 4. The van der Waals surface area contributed by atoms with Crippen LogP contribution in [0.25, 0.3) is 0 Å². The lowest BCUT2D eigenvalue weighted by Crippen LogP contribution is -2.40. The Labute approximate surface area is 170 Å². The number of sulfonamides is 1. The molecule has 0 unspecified atom stereocenters. The molecule has 28 heavy (non-hydrogen) atoms. The predicted octanol–water partition coefficient (Wildman–Crippen LogP) is 3.78. The molecule has 1 N–H and O–H groups in total. The summed E-state index contributed by atoms with van der Waals surface area (Å²) in [5.41, 5.74) is 0.422. The molecule has 0 aliphatic carbocycles. The molecule has 2 aromatic carbocycles. The van der Waals surface area contributed by atoms with Crippen LogP contribution in [-0.2, 0) is 14.8 Å². The number of hydrogen-bond donors (Lipinski definition) is 1. The highest BCUT2D eigenvalue weighted by Gasteiger charge is 2.20. The number of halogens is 1. The number of rotatable bonds is 6. The lowest BCUT2D eigenvalue weighted by molar-refractivity contribution is -0.134. The van der Waals surface area contributed by atoms with Gasteiger partial charge in [-0.2, -0.15) is 0 Å². The largest absolute Gasteiger partial charge is 0.484 e. The Bertz CT molecular complexity index is 906. The van der Waals surface area contributed by atoms with Crippen LogP contribution in [0.15, 0.2) is 53.4 Å². The zero-order chi connectivity index (χ0) is 20.1. The van der Waals surface area contributed by atoms with Crippen LogP contribution in [0.5, 0.6) is 5.75 Å². The summed E-state index contributed by atoms with van der Waals surface area (Å²) in [4.78, 5) is 14.1. The minimum atomic E-state index is -3.72. The molecular formula is C20H23ClN2O4S. The summed E-state index contributed by atoms with van der Waals surface area (Å²) in [6.45, 7) is 3.66. The SMILES string of the molecule is CC1CCN(C(=O)COc2ccc(S(=O)(=O)Nc3ccc(Cl)cc3)cc2)CC1. The Morgan fingerprint density at radius 3 is 2.32 bits per heavy atom. The molecule has 0 saturated carbocycles. The molecule has 0 radical (unpaired) electrons. The number of carbonyl (C=O) groups is 1. The molecule has 1 aliphatic rings. The molecule has 1 heterocycles. The van der Waals surface area contributed by atoms with E-state index in [1.54, 1.807) is 36.4 Å². The Morgan fingerprint density at radius 1 is 1.11 bits per heavy atom. The first kappa shape index (κ1) is 20.5. The van der Waals surface area contributed by atoms with E-state index in [9.17, 15) is 13.2 Å². The van der Waals surface area contributed by atoms with Gasteiger partial charge in [0, 0.05) is 23.8 Å². The van der Waals surface area contributed by atoms with Crippen molar-refractivity contribution in [3.63, 3.8) is 0 Å². The molecule has 6 nitrogen and oxygen atoms in total. The van der Waals surface area contributed by atoms with Gasteiger partial charge in [-0.15, -0.1) is 0 Å². The van der Waals surface area contributed by atoms with E-state index in [4.69, 9.17) is 16.3 Å². The molecule has 0 bridgehead atoms. The zero-order valence-corrected chi connectivity index (χ0v) is 17.2. The van der Waals surface area contributed by atoms with Crippen LogP contribution in [0, 0.1) is 5.92 Å². The van der Waals surface area contributed by atoms with E-state index in [0.717, 1.165) is 25.9 Å². The van der Waals surface area contributed by atoms with Crippen molar-refractivity contribution in [3.05, 3.63) is 53.6 Å². The molecule has 0 spiro atoms. The zero-order valence-electron chi connectivity index (χ0n) is 15.6. The van der Waals surface area contributed by atoms with Crippen molar-refractivity contribution < 1.29 is 17.9 Å². The van der Waals surface area contributed by atoms with E-state index in [1.807, 2.05) is 4.90 Å². The molecule has 0 aromatic heterocycles. The van der Waals surface area contributed by atoms with Crippen molar-refractivity contribution in [1.29, 1.82) is 0 Å². The molecule has 1 amide bonds. The second-order valence-corrected chi connectivity index (χ2v) is 9.05. The fourth-order valence-electron chi connectivity index (χ4n) is 2.94. The van der Waals surface area contributed by atoms with Crippen LogP contribution >= 0.6 is 11.6 Å². The topological polar surface area (TPSA) is 75.7 Å². The average Bonchev–Trinajstić information content (AvgIpc) is 2.68. The third kappa shape index (κ3) is 5.39. The van der Waals surface area contributed by atoms with Crippen LogP contribution in [-0.4, -0.2) is 38.9 Å². The number of benzene rings is 2. The average molecular weight is 423 g/mol. The van der Waals surface area contributed by atoms with Gasteiger partial charge in [0.05, 0.1) is 4.90 Å². The van der Waals surface area contributed by atoms with E-state index in [2.05, 4.69) is 11.6 Å². The first-order valence-corrected chi connectivity index (χ1v) is 11.0. The van der Waals surface area contributed by atoms with E-state index < -0.39 is 10.0 Å². The van der Waals surface area contributed by atoms with Gasteiger partial charge >= 0.3 is 0 Å².